The molecule has 3 heterocycles. The zero-order valence-electron chi connectivity index (χ0n) is 17.4. The number of aliphatic hydroxyl groups excluding tert-OH is 1. The van der Waals surface area contributed by atoms with Crippen molar-refractivity contribution < 1.29 is 14.6 Å². The fraction of sp³-hybridized carbons (Fsp3) is 0.280. The van der Waals surface area contributed by atoms with Crippen LogP contribution < -0.4 is 10.1 Å². The Morgan fingerprint density at radius 3 is 2.81 bits per heavy atom. The van der Waals surface area contributed by atoms with E-state index in [-0.39, 0.29) is 30.5 Å². The summed E-state index contributed by atoms with van der Waals surface area (Å²) in [6.07, 6.45) is 2.48. The number of ether oxygens (including phenoxy) is 1. The molecule has 1 aromatic heterocycles. The van der Waals surface area contributed by atoms with Crippen LogP contribution in [0.25, 0.3) is 11.1 Å². The van der Waals surface area contributed by atoms with Gasteiger partial charge in [0.15, 0.2) is 0 Å². The summed E-state index contributed by atoms with van der Waals surface area (Å²) in [6, 6.07) is 19.5. The number of carbonyl (C=O) groups is 1. The summed E-state index contributed by atoms with van der Waals surface area (Å²) in [4.78, 5) is 19.5. The number of aromatic nitrogens is 1. The van der Waals surface area contributed by atoms with Crippen LogP contribution in [0.3, 0.4) is 0 Å². The second kappa shape index (κ2) is 8.04. The molecule has 1 amide bonds. The van der Waals surface area contributed by atoms with Crippen LogP contribution in [0.15, 0.2) is 66.9 Å². The molecule has 2 aliphatic rings. The molecule has 3 aromatic rings. The molecule has 1 saturated heterocycles. The van der Waals surface area contributed by atoms with Crippen molar-refractivity contribution in [3.63, 3.8) is 0 Å². The maximum Gasteiger partial charge on any atom is 0.272 e. The first-order valence-corrected chi connectivity index (χ1v) is 10.6. The number of fused-ring (bicyclic) bond motifs is 3. The molecule has 0 spiro atoms. The van der Waals surface area contributed by atoms with Gasteiger partial charge in [-0.3, -0.25) is 9.78 Å². The number of benzene rings is 2. The molecule has 31 heavy (non-hydrogen) atoms. The van der Waals surface area contributed by atoms with Gasteiger partial charge in [-0.05, 0) is 59.5 Å². The highest BCUT2D eigenvalue weighted by Crippen LogP contribution is 2.47. The standard InChI is InChI=1S/C25H25N3O3/c1-31-18-6-4-5-16(13-18)17-8-9-21-20(14-17)24-19(23(15-29)27-21)10-12-28(24)25(30)22-7-2-3-11-26-22/h2-9,11,13-14,19,23-24,27,29H,10,12,15H2,1H3/t19-,23-,24-/m0/s1. The molecular formula is C25H25N3O3. The summed E-state index contributed by atoms with van der Waals surface area (Å²) < 4.78 is 5.38. The van der Waals surface area contributed by atoms with E-state index in [0.717, 1.165) is 34.5 Å². The van der Waals surface area contributed by atoms with Gasteiger partial charge in [0.25, 0.3) is 5.91 Å². The third kappa shape index (κ3) is 3.43. The van der Waals surface area contributed by atoms with E-state index in [1.165, 1.54) is 0 Å². The Bertz CT molecular complexity index is 1100. The summed E-state index contributed by atoms with van der Waals surface area (Å²) in [7, 11) is 1.66. The molecule has 0 radical (unpaired) electrons. The zero-order chi connectivity index (χ0) is 21.4. The van der Waals surface area contributed by atoms with Gasteiger partial charge in [0, 0.05) is 24.3 Å². The minimum Gasteiger partial charge on any atom is -0.497 e. The molecule has 5 rings (SSSR count). The molecule has 6 nitrogen and oxygen atoms in total. The van der Waals surface area contributed by atoms with Crippen LogP contribution in [0.1, 0.15) is 28.5 Å². The van der Waals surface area contributed by atoms with E-state index < -0.39 is 0 Å². The Hall–Kier alpha value is -3.38. The molecule has 0 aliphatic carbocycles. The minimum absolute atomic E-state index is 0.0316. The van der Waals surface area contributed by atoms with Crippen molar-refractivity contribution in [1.82, 2.24) is 9.88 Å². The second-order valence-corrected chi connectivity index (χ2v) is 8.08. The largest absolute Gasteiger partial charge is 0.497 e. The number of methoxy groups -OCH3 is 1. The fourth-order valence-electron chi connectivity index (χ4n) is 4.91. The third-order valence-corrected chi connectivity index (χ3v) is 6.42. The van der Waals surface area contributed by atoms with Crippen molar-refractivity contribution in [2.45, 2.75) is 18.5 Å². The quantitative estimate of drug-likeness (QED) is 0.679. The predicted octanol–water partition coefficient (Wildman–Crippen LogP) is 3.75. The molecular weight excluding hydrogens is 390 g/mol. The number of anilines is 1. The highest BCUT2D eigenvalue weighted by molar-refractivity contribution is 5.93. The highest BCUT2D eigenvalue weighted by atomic mass is 16.5. The van der Waals surface area contributed by atoms with Gasteiger partial charge in [0.2, 0.25) is 0 Å². The normalized spacial score (nSPS) is 21.7. The van der Waals surface area contributed by atoms with E-state index in [1.807, 2.05) is 41.3 Å². The average Bonchev–Trinajstić information content (AvgIpc) is 3.29. The number of hydrogen-bond donors (Lipinski definition) is 2. The summed E-state index contributed by atoms with van der Waals surface area (Å²) in [5, 5.41) is 13.5. The molecule has 158 valence electrons. The van der Waals surface area contributed by atoms with Crippen LogP contribution in [0.5, 0.6) is 5.75 Å². The molecule has 2 aliphatic heterocycles. The van der Waals surface area contributed by atoms with Gasteiger partial charge < -0.3 is 20.1 Å². The lowest BCUT2D eigenvalue weighted by Gasteiger charge is -2.39. The van der Waals surface area contributed by atoms with E-state index in [4.69, 9.17) is 4.74 Å². The second-order valence-electron chi connectivity index (χ2n) is 8.08. The number of amides is 1. The number of pyridine rings is 1. The van der Waals surface area contributed by atoms with Gasteiger partial charge in [0.05, 0.1) is 25.8 Å². The monoisotopic (exact) mass is 415 g/mol. The maximum absolute atomic E-state index is 13.3. The Balaban J connectivity index is 1.57. The molecule has 0 saturated carbocycles. The third-order valence-electron chi connectivity index (χ3n) is 6.42. The van der Waals surface area contributed by atoms with Crippen LogP contribution in [-0.4, -0.2) is 47.2 Å². The molecule has 0 unspecified atom stereocenters. The number of nitrogens with zero attached hydrogens (tertiary/aromatic N) is 2. The minimum atomic E-state index is -0.103. The number of aliphatic hydroxyl groups is 1. The summed E-state index contributed by atoms with van der Waals surface area (Å²) in [5.74, 6) is 0.884. The van der Waals surface area contributed by atoms with Crippen molar-refractivity contribution in [1.29, 1.82) is 0 Å². The van der Waals surface area contributed by atoms with Gasteiger partial charge in [0.1, 0.15) is 11.4 Å². The predicted molar refractivity (Wildman–Crippen MR) is 119 cm³/mol. The van der Waals surface area contributed by atoms with Crippen LogP contribution in [-0.2, 0) is 0 Å². The first-order chi connectivity index (χ1) is 15.2. The van der Waals surface area contributed by atoms with E-state index >= 15 is 0 Å². The topological polar surface area (TPSA) is 74.7 Å². The Morgan fingerprint density at radius 1 is 1.16 bits per heavy atom. The van der Waals surface area contributed by atoms with Crippen LogP contribution >= 0.6 is 0 Å². The lowest BCUT2D eigenvalue weighted by Crippen LogP contribution is -2.43. The smallest absolute Gasteiger partial charge is 0.272 e. The average molecular weight is 415 g/mol. The van der Waals surface area contributed by atoms with Crippen LogP contribution in [0, 0.1) is 5.92 Å². The van der Waals surface area contributed by atoms with Crippen LogP contribution in [0.4, 0.5) is 5.69 Å². The maximum atomic E-state index is 13.3. The van der Waals surface area contributed by atoms with E-state index in [9.17, 15) is 9.90 Å². The van der Waals surface area contributed by atoms with E-state index in [2.05, 4.69) is 28.5 Å². The van der Waals surface area contributed by atoms with Crippen molar-refractivity contribution in [2.75, 3.05) is 25.6 Å². The Morgan fingerprint density at radius 2 is 2.03 bits per heavy atom. The molecule has 0 bridgehead atoms. The Labute approximate surface area is 181 Å². The molecule has 6 heteroatoms. The van der Waals surface area contributed by atoms with Gasteiger partial charge in [-0.15, -0.1) is 0 Å². The molecule has 2 aromatic carbocycles. The SMILES string of the molecule is COc1cccc(-c2ccc3c(c2)[C@@H]2[C@@H](CCN2C(=O)c2ccccn2)[C@H](CO)N3)c1. The van der Waals surface area contributed by atoms with Crippen molar-refractivity contribution >= 4 is 11.6 Å². The van der Waals surface area contributed by atoms with E-state index in [0.29, 0.717) is 12.2 Å². The lowest BCUT2D eigenvalue weighted by molar-refractivity contribution is 0.0695. The number of likely N-dealkylation sites (tertiary alicyclic amines) is 1. The molecule has 3 atom stereocenters. The van der Waals surface area contributed by atoms with Gasteiger partial charge in [-0.2, -0.15) is 0 Å². The number of rotatable bonds is 4. The summed E-state index contributed by atoms with van der Waals surface area (Å²) in [6.45, 7) is 0.676. The number of carbonyl (C=O) groups excluding carboxylic acids is 1. The van der Waals surface area contributed by atoms with Gasteiger partial charge in [-0.25, -0.2) is 0 Å². The molecule has 1 fully saturated rings. The lowest BCUT2D eigenvalue weighted by atomic mass is 9.82. The number of hydrogen-bond acceptors (Lipinski definition) is 5. The van der Waals surface area contributed by atoms with Crippen molar-refractivity contribution in [2.24, 2.45) is 5.92 Å². The van der Waals surface area contributed by atoms with Crippen molar-refractivity contribution in [3.05, 3.63) is 78.1 Å². The Kier molecular flexibility index (Phi) is 5.08. The first kappa shape index (κ1) is 19.6. The number of nitrogens with one attached hydrogen (secondary N) is 1. The van der Waals surface area contributed by atoms with Crippen molar-refractivity contribution in [3.8, 4) is 16.9 Å². The summed E-state index contributed by atoms with van der Waals surface area (Å²) >= 11 is 0. The fourth-order valence-corrected chi connectivity index (χ4v) is 4.91. The van der Waals surface area contributed by atoms with Gasteiger partial charge >= 0.3 is 0 Å². The van der Waals surface area contributed by atoms with Gasteiger partial charge in [-0.1, -0.05) is 24.3 Å². The highest BCUT2D eigenvalue weighted by Gasteiger charge is 2.46. The van der Waals surface area contributed by atoms with E-state index in [1.54, 1.807) is 19.4 Å². The zero-order valence-corrected chi connectivity index (χ0v) is 17.4. The summed E-state index contributed by atoms with van der Waals surface area (Å²) in [5.41, 5.74) is 4.62. The molecule has 2 N–H and O–H groups in total. The van der Waals surface area contributed by atoms with Crippen LogP contribution in [0.2, 0.25) is 0 Å². The first-order valence-electron chi connectivity index (χ1n) is 10.6.